The second-order valence-corrected chi connectivity index (χ2v) is 6.67. The second-order valence-electron chi connectivity index (χ2n) is 6.67. The number of furan rings is 1. The van der Waals surface area contributed by atoms with Gasteiger partial charge in [0.2, 0.25) is 0 Å². The van der Waals surface area contributed by atoms with Crippen molar-refractivity contribution in [1.82, 2.24) is 4.90 Å². The number of benzene rings is 2. The number of amides is 1. The molecule has 1 unspecified atom stereocenters. The van der Waals surface area contributed by atoms with Gasteiger partial charge in [-0.2, -0.15) is 0 Å². The summed E-state index contributed by atoms with van der Waals surface area (Å²) < 4.78 is 16.8. The highest BCUT2D eigenvalue weighted by molar-refractivity contribution is 5.89. The van der Waals surface area contributed by atoms with Crippen molar-refractivity contribution in [2.75, 3.05) is 20.3 Å². The van der Waals surface area contributed by atoms with Crippen LogP contribution in [0.15, 0.2) is 46.9 Å². The van der Waals surface area contributed by atoms with E-state index in [1.54, 1.807) is 31.1 Å². The summed E-state index contributed by atoms with van der Waals surface area (Å²) in [6.45, 7) is 2.43. The quantitative estimate of drug-likeness (QED) is 0.477. The van der Waals surface area contributed by atoms with Crippen LogP contribution in [0.5, 0.6) is 5.75 Å². The van der Waals surface area contributed by atoms with Crippen LogP contribution < -0.4 is 4.74 Å². The number of rotatable bonds is 4. The maximum Gasteiger partial charge on any atom is 0.410 e. The number of hydrogen-bond donors (Lipinski definition) is 0. The molecule has 1 aromatic heterocycles. The summed E-state index contributed by atoms with van der Waals surface area (Å²) in [7, 11) is 1.58. The Kier molecular flexibility index (Phi) is 4.84. The number of methoxy groups -OCH3 is 1. The molecule has 2 heterocycles. The van der Waals surface area contributed by atoms with Crippen molar-refractivity contribution in [3.8, 4) is 5.75 Å². The lowest BCUT2D eigenvalue weighted by Gasteiger charge is -2.34. The van der Waals surface area contributed by atoms with E-state index >= 15 is 0 Å². The molecule has 0 saturated heterocycles. The Morgan fingerprint density at radius 1 is 1.28 bits per heavy atom. The first kappa shape index (κ1) is 18.8. The molecule has 1 amide bonds. The van der Waals surface area contributed by atoms with Crippen LogP contribution in [-0.4, -0.2) is 36.2 Å². The van der Waals surface area contributed by atoms with E-state index in [-0.39, 0.29) is 12.3 Å². The molecule has 1 aliphatic rings. The van der Waals surface area contributed by atoms with E-state index in [1.165, 1.54) is 12.1 Å². The van der Waals surface area contributed by atoms with Gasteiger partial charge in [-0.15, -0.1) is 0 Å². The number of carbonyl (C=O) groups excluding carboxylic acids is 1. The predicted molar refractivity (Wildman–Crippen MR) is 105 cm³/mol. The lowest BCUT2D eigenvalue weighted by atomic mass is 9.90. The van der Waals surface area contributed by atoms with Crippen molar-refractivity contribution >= 4 is 22.7 Å². The van der Waals surface area contributed by atoms with Gasteiger partial charge in [0.15, 0.2) is 11.3 Å². The highest BCUT2D eigenvalue weighted by Gasteiger charge is 2.37. The van der Waals surface area contributed by atoms with Crippen LogP contribution in [0.3, 0.4) is 0 Å². The summed E-state index contributed by atoms with van der Waals surface area (Å²) in [4.78, 5) is 24.9. The van der Waals surface area contributed by atoms with Crippen LogP contribution >= 0.6 is 0 Å². The number of carbonyl (C=O) groups is 1. The van der Waals surface area contributed by atoms with Crippen molar-refractivity contribution in [1.29, 1.82) is 0 Å². The van der Waals surface area contributed by atoms with E-state index in [9.17, 15) is 14.9 Å². The summed E-state index contributed by atoms with van der Waals surface area (Å²) in [6.07, 6.45) is 0.105. The lowest BCUT2D eigenvalue weighted by molar-refractivity contribution is -0.384. The molecule has 0 N–H and O–H groups in total. The van der Waals surface area contributed by atoms with Crippen LogP contribution in [0.4, 0.5) is 10.5 Å². The molecule has 29 heavy (non-hydrogen) atoms. The van der Waals surface area contributed by atoms with Crippen molar-refractivity contribution in [2.24, 2.45) is 0 Å². The van der Waals surface area contributed by atoms with Gasteiger partial charge in [-0.1, -0.05) is 12.1 Å². The zero-order valence-electron chi connectivity index (χ0n) is 16.1. The third-order valence-electron chi connectivity index (χ3n) is 5.10. The lowest BCUT2D eigenvalue weighted by Crippen LogP contribution is -2.40. The van der Waals surface area contributed by atoms with Crippen LogP contribution in [0.25, 0.3) is 11.0 Å². The highest BCUT2D eigenvalue weighted by Crippen LogP contribution is 2.44. The summed E-state index contributed by atoms with van der Waals surface area (Å²) >= 11 is 0. The molecule has 8 heteroatoms. The van der Waals surface area contributed by atoms with Crippen LogP contribution in [0.1, 0.15) is 29.9 Å². The smallest absolute Gasteiger partial charge is 0.410 e. The number of hydrogen-bond acceptors (Lipinski definition) is 6. The monoisotopic (exact) mass is 396 g/mol. The first-order chi connectivity index (χ1) is 14.0. The fraction of sp³-hybridized carbons (Fsp3) is 0.286. The standard InChI is InChI=1S/C21H20N2O6/c1-3-28-21(24)22-12-11-16-18(15-5-4-6-17(27-2)20(15)29-16)19(22)13-7-9-14(10-8-13)23(25)26/h4-10,19H,3,11-12H2,1-2H3. The number of para-hydroxylation sites is 1. The summed E-state index contributed by atoms with van der Waals surface area (Å²) in [6, 6.07) is 11.4. The highest BCUT2D eigenvalue weighted by atomic mass is 16.6. The minimum absolute atomic E-state index is 0.00816. The van der Waals surface area contributed by atoms with E-state index in [0.717, 1.165) is 22.3 Å². The third-order valence-corrected chi connectivity index (χ3v) is 5.10. The minimum atomic E-state index is -0.480. The number of fused-ring (bicyclic) bond motifs is 3. The largest absolute Gasteiger partial charge is 0.493 e. The number of ether oxygens (including phenoxy) is 2. The maximum absolute atomic E-state index is 12.7. The first-order valence-electron chi connectivity index (χ1n) is 9.31. The van der Waals surface area contributed by atoms with Crippen molar-refractivity contribution < 1.29 is 23.6 Å². The molecular formula is C21H20N2O6. The number of nitro benzene ring substituents is 1. The van der Waals surface area contributed by atoms with Gasteiger partial charge in [-0.3, -0.25) is 15.0 Å². The van der Waals surface area contributed by atoms with Gasteiger partial charge in [0.25, 0.3) is 5.69 Å². The Hall–Kier alpha value is -3.55. The van der Waals surface area contributed by atoms with Gasteiger partial charge in [0, 0.05) is 36.0 Å². The van der Waals surface area contributed by atoms with Crippen molar-refractivity contribution in [2.45, 2.75) is 19.4 Å². The first-order valence-corrected chi connectivity index (χ1v) is 9.31. The molecule has 0 radical (unpaired) electrons. The van der Waals surface area contributed by atoms with E-state index in [1.807, 2.05) is 18.2 Å². The Morgan fingerprint density at radius 2 is 2.03 bits per heavy atom. The van der Waals surface area contributed by atoms with E-state index in [4.69, 9.17) is 13.9 Å². The van der Waals surface area contributed by atoms with E-state index in [0.29, 0.717) is 24.3 Å². The fourth-order valence-electron chi connectivity index (χ4n) is 3.84. The molecule has 0 aliphatic carbocycles. The maximum atomic E-state index is 12.7. The van der Waals surface area contributed by atoms with Crippen LogP contribution in [0, 0.1) is 10.1 Å². The molecule has 4 rings (SSSR count). The van der Waals surface area contributed by atoms with E-state index < -0.39 is 17.1 Å². The number of non-ortho nitro benzene ring substituents is 1. The van der Waals surface area contributed by atoms with Crippen molar-refractivity contribution in [3.63, 3.8) is 0 Å². The van der Waals surface area contributed by atoms with Crippen LogP contribution in [0.2, 0.25) is 0 Å². The average Bonchev–Trinajstić information content (AvgIpc) is 3.12. The molecule has 3 aromatic rings. The van der Waals surface area contributed by atoms with Gasteiger partial charge in [0.05, 0.1) is 24.7 Å². The average molecular weight is 396 g/mol. The summed E-state index contributed by atoms with van der Waals surface area (Å²) in [5.41, 5.74) is 2.21. The topological polar surface area (TPSA) is 95.0 Å². The normalized spacial score (nSPS) is 15.8. The molecule has 0 fully saturated rings. The Labute approximate surface area is 166 Å². The SMILES string of the molecule is CCOC(=O)N1CCc2oc3c(OC)cccc3c2C1c1ccc([N+](=O)[O-])cc1. The number of nitrogens with zero attached hydrogens (tertiary/aromatic N) is 2. The molecule has 0 saturated carbocycles. The zero-order valence-corrected chi connectivity index (χ0v) is 16.1. The van der Waals surface area contributed by atoms with Gasteiger partial charge < -0.3 is 13.9 Å². The summed E-state index contributed by atoms with van der Waals surface area (Å²) in [5.74, 6) is 1.38. The van der Waals surface area contributed by atoms with Gasteiger partial charge in [-0.05, 0) is 30.7 Å². The Bertz CT molecular complexity index is 1070. The predicted octanol–water partition coefficient (Wildman–Crippen LogP) is 4.45. The molecule has 1 atom stereocenters. The molecular weight excluding hydrogens is 376 g/mol. The number of nitro groups is 1. The summed E-state index contributed by atoms with van der Waals surface area (Å²) in [5, 5.41) is 11.9. The molecule has 2 aromatic carbocycles. The molecule has 0 spiro atoms. The molecule has 150 valence electrons. The Balaban J connectivity index is 1.90. The van der Waals surface area contributed by atoms with Gasteiger partial charge in [0.1, 0.15) is 5.76 Å². The minimum Gasteiger partial charge on any atom is -0.493 e. The zero-order chi connectivity index (χ0) is 20.5. The van der Waals surface area contributed by atoms with Crippen LogP contribution in [-0.2, 0) is 11.2 Å². The van der Waals surface area contributed by atoms with Gasteiger partial charge >= 0.3 is 6.09 Å². The van der Waals surface area contributed by atoms with E-state index in [2.05, 4.69) is 0 Å². The molecule has 0 bridgehead atoms. The van der Waals surface area contributed by atoms with Gasteiger partial charge in [-0.25, -0.2) is 4.79 Å². The third kappa shape index (κ3) is 3.16. The molecule has 8 nitrogen and oxygen atoms in total. The fourth-order valence-corrected chi connectivity index (χ4v) is 3.84. The molecule has 1 aliphatic heterocycles. The second kappa shape index (κ2) is 7.46. The Morgan fingerprint density at radius 3 is 2.69 bits per heavy atom. The van der Waals surface area contributed by atoms with Crippen molar-refractivity contribution in [3.05, 3.63) is 69.5 Å².